The Balaban J connectivity index is 0.00000108. The van der Waals surface area contributed by atoms with Crippen molar-refractivity contribution in [1.29, 1.82) is 0 Å². The maximum Gasteiger partial charge on any atom is 0.119 e. The van der Waals surface area contributed by atoms with Gasteiger partial charge in [0.1, 0.15) is 5.75 Å². The van der Waals surface area contributed by atoms with Crippen LogP contribution in [0.2, 0.25) is 0 Å². The molecule has 0 amide bonds. The SMILES string of the molecule is C1=CSCS1.CCCCCCCCCCCCCCCCCCOc1ccc(C(C)CCS)cc1. The normalized spacial score (nSPS) is 13.5. The third-order valence-corrected chi connectivity index (χ3v) is 8.84. The molecule has 0 saturated heterocycles. The Bertz CT molecular complexity index is 581. The van der Waals surface area contributed by atoms with Crippen molar-refractivity contribution in [1.82, 2.24) is 0 Å². The predicted molar refractivity (Wildman–Crippen MR) is 168 cm³/mol. The van der Waals surface area contributed by atoms with Crippen LogP contribution in [0, 0.1) is 0 Å². The molecule has 0 bridgehead atoms. The Morgan fingerprint density at radius 2 is 1.17 bits per heavy atom. The van der Waals surface area contributed by atoms with E-state index in [0.29, 0.717) is 5.92 Å². The van der Waals surface area contributed by atoms with E-state index >= 15 is 0 Å². The predicted octanol–water partition coefficient (Wildman–Crippen LogP) is 11.6. The Morgan fingerprint density at radius 3 is 1.57 bits per heavy atom. The largest absolute Gasteiger partial charge is 0.494 e. The number of unbranched alkanes of at least 4 members (excludes halogenated alkanes) is 15. The highest BCUT2D eigenvalue weighted by molar-refractivity contribution is 8.21. The zero-order valence-corrected chi connectivity index (χ0v) is 25.4. The topological polar surface area (TPSA) is 9.23 Å². The van der Waals surface area contributed by atoms with E-state index in [0.717, 1.165) is 24.5 Å². The van der Waals surface area contributed by atoms with E-state index in [9.17, 15) is 0 Å². The maximum absolute atomic E-state index is 5.90. The monoisotopic (exact) mass is 538 g/mol. The Labute approximate surface area is 232 Å². The number of benzene rings is 1. The molecule has 1 nitrogen and oxygen atoms in total. The molecule has 4 heteroatoms. The molecule has 1 aliphatic rings. The van der Waals surface area contributed by atoms with Crippen LogP contribution in [-0.4, -0.2) is 17.4 Å². The summed E-state index contributed by atoms with van der Waals surface area (Å²) in [5.74, 6) is 2.54. The molecule has 1 aliphatic heterocycles. The van der Waals surface area contributed by atoms with E-state index in [-0.39, 0.29) is 0 Å². The molecule has 1 heterocycles. The molecule has 202 valence electrons. The van der Waals surface area contributed by atoms with Crippen molar-refractivity contribution >= 4 is 36.2 Å². The smallest absolute Gasteiger partial charge is 0.119 e. The molecule has 1 aromatic rings. The quantitative estimate of drug-likeness (QED) is 0.123. The summed E-state index contributed by atoms with van der Waals surface area (Å²) in [6, 6.07) is 8.65. The standard InChI is InChI=1S/C28H50OS.C3H4S2/c1-3-4-5-6-7-8-9-10-11-12-13-14-15-16-17-18-24-29-28-21-19-27(20-22-28)26(2)23-25-30;1-2-5-3-4-1/h19-22,26,30H,3-18,23-25H2,1-2H3;1-2H,3H2. The summed E-state index contributed by atoms with van der Waals surface area (Å²) in [5, 5.41) is 5.45. The first-order chi connectivity index (χ1) is 17.3. The molecule has 0 aromatic heterocycles. The molecule has 1 aromatic carbocycles. The van der Waals surface area contributed by atoms with Crippen LogP contribution in [0.15, 0.2) is 35.1 Å². The van der Waals surface area contributed by atoms with E-state index in [1.807, 2.05) is 23.5 Å². The number of thiol groups is 1. The van der Waals surface area contributed by atoms with Gasteiger partial charge in [0.15, 0.2) is 0 Å². The van der Waals surface area contributed by atoms with Gasteiger partial charge in [-0.1, -0.05) is 122 Å². The third kappa shape index (κ3) is 20.5. The first kappa shape index (κ1) is 32.8. The molecule has 1 atom stereocenters. The van der Waals surface area contributed by atoms with Crippen LogP contribution in [0.3, 0.4) is 0 Å². The van der Waals surface area contributed by atoms with Gasteiger partial charge in [-0.15, -0.1) is 23.5 Å². The first-order valence-corrected chi connectivity index (χ1v) is 17.2. The fraction of sp³-hybridized carbons (Fsp3) is 0.742. The van der Waals surface area contributed by atoms with E-state index in [1.165, 1.54) is 113 Å². The van der Waals surface area contributed by atoms with Gasteiger partial charge in [0.2, 0.25) is 0 Å². The summed E-state index contributed by atoms with van der Waals surface area (Å²) in [6.45, 7) is 5.41. The first-order valence-electron chi connectivity index (χ1n) is 14.5. The van der Waals surface area contributed by atoms with Crippen LogP contribution in [0.4, 0.5) is 0 Å². The fourth-order valence-electron chi connectivity index (χ4n) is 4.29. The van der Waals surface area contributed by atoms with E-state index in [2.05, 4.69) is 61.6 Å². The summed E-state index contributed by atoms with van der Waals surface area (Å²) in [7, 11) is 0. The van der Waals surface area contributed by atoms with Crippen LogP contribution in [0.1, 0.15) is 134 Å². The third-order valence-electron chi connectivity index (χ3n) is 6.66. The van der Waals surface area contributed by atoms with E-state index in [4.69, 9.17) is 4.74 Å². The summed E-state index contributed by atoms with van der Waals surface area (Å²) in [5.41, 5.74) is 1.39. The van der Waals surface area contributed by atoms with Crippen molar-refractivity contribution in [3.8, 4) is 5.75 Å². The lowest BCUT2D eigenvalue weighted by Gasteiger charge is -2.11. The van der Waals surface area contributed by atoms with Gasteiger partial charge in [-0.2, -0.15) is 12.6 Å². The van der Waals surface area contributed by atoms with Crippen molar-refractivity contribution in [2.24, 2.45) is 0 Å². The van der Waals surface area contributed by atoms with Gasteiger partial charge in [0, 0.05) is 5.08 Å². The lowest BCUT2D eigenvalue weighted by molar-refractivity contribution is 0.304. The Hall–Kier alpha value is -0.190. The highest BCUT2D eigenvalue weighted by Crippen LogP contribution is 2.23. The van der Waals surface area contributed by atoms with Crippen molar-refractivity contribution < 1.29 is 4.74 Å². The van der Waals surface area contributed by atoms with E-state index < -0.39 is 0 Å². The minimum atomic E-state index is 0.580. The zero-order chi connectivity index (χ0) is 25.2. The summed E-state index contributed by atoms with van der Waals surface area (Å²) in [4.78, 5) is 0. The van der Waals surface area contributed by atoms with E-state index in [1.54, 1.807) is 0 Å². The number of hydrogen-bond acceptors (Lipinski definition) is 4. The number of hydrogen-bond donors (Lipinski definition) is 1. The van der Waals surface area contributed by atoms with Gasteiger partial charge in [0.25, 0.3) is 0 Å². The average Bonchev–Trinajstić information content (AvgIpc) is 3.47. The Kier molecular flexibility index (Phi) is 23.9. The van der Waals surface area contributed by atoms with Gasteiger partial charge in [-0.3, -0.25) is 0 Å². The second-order valence-electron chi connectivity index (χ2n) is 9.86. The number of ether oxygens (including phenoxy) is 1. The van der Waals surface area contributed by atoms with Crippen LogP contribution < -0.4 is 4.74 Å². The van der Waals surface area contributed by atoms with Crippen LogP contribution in [0.25, 0.3) is 0 Å². The molecule has 35 heavy (non-hydrogen) atoms. The van der Waals surface area contributed by atoms with Crippen molar-refractivity contribution in [2.45, 2.75) is 129 Å². The minimum Gasteiger partial charge on any atom is -0.494 e. The van der Waals surface area contributed by atoms with Crippen molar-refractivity contribution in [3.63, 3.8) is 0 Å². The highest BCUT2D eigenvalue weighted by Gasteiger charge is 2.04. The Morgan fingerprint density at radius 1 is 0.714 bits per heavy atom. The maximum atomic E-state index is 5.90. The molecular formula is C31H54OS3. The molecule has 0 spiro atoms. The number of thioether (sulfide) groups is 2. The fourth-order valence-corrected chi connectivity index (χ4v) is 6.25. The minimum absolute atomic E-state index is 0.580. The van der Waals surface area contributed by atoms with Gasteiger partial charge >= 0.3 is 0 Å². The average molecular weight is 539 g/mol. The van der Waals surface area contributed by atoms with Crippen molar-refractivity contribution in [3.05, 3.63) is 40.6 Å². The second-order valence-corrected chi connectivity index (χ2v) is 12.5. The molecular weight excluding hydrogens is 485 g/mol. The van der Waals surface area contributed by atoms with Crippen LogP contribution in [-0.2, 0) is 0 Å². The van der Waals surface area contributed by atoms with Gasteiger partial charge < -0.3 is 4.74 Å². The highest BCUT2D eigenvalue weighted by atomic mass is 32.2. The molecule has 0 aliphatic carbocycles. The zero-order valence-electron chi connectivity index (χ0n) is 22.9. The summed E-state index contributed by atoms with van der Waals surface area (Å²) >= 11 is 8.04. The van der Waals surface area contributed by atoms with Crippen LogP contribution in [0.5, 0.6) is 5.75 Å². The van der Waals surface area contributed by atoms with Crippen LogP contribution >= 0.6 is 36.2 Å². The summed E-state index contributed by atoms with van der Waals surface area (Å²) < 4.78 is 5.90. The number of rotatable bonds is 21. The summed E-state index contributed by atoms with van der Waals surface area (Å²) in [6.07, 6.45) is 23.7. The molecule has 0 N–H and O–H groups in total. The van der Waals surface area contributed by atoms with Gasteiger partial charge in [-0.05, 0) is 53.0 Å². The molecule has 0 radical (unpaired) electrons. The van der Waals surface area contributed by atoms with Gasteiger partial charge in [-0.25, -0.2) is 0 Å². The molecule has 1 unspecified atom stereocenters. The molecule has 2 rings (SSSR count). The lowest BCUT2D eigenvalue weighted by Crippen LogP contribution is -1.98. The van der Waals surface area contributed by atoms with Gasteiger partial charge in [0.05, 0.1) is 6.61 Å². The lowest BCUT2D eigenvalue weighted by atomic mass is 9.99. The second kappa shape index (κ2) is 25.5. The van der Waals surface area contributed by atoms with Crippen molar-refractivity contribution in [2.75, 3.05) is 17.4 Å². The molecule has 0 fully saturated rings. The molecule has 0 saturated carbocycles.